The molecule has 7 heteroatoms. The van der Waals surface area contributed by atoms with Gasteiger partial charge in [-0.15, -0.1) is 0 Å². The Balaban J connectivity index is 1.73. The summed E-state index contributed by atoms with van der Waals surface area (Å²) in [6.45, 7) is 4.10. The zero-order valence-electron chi connectivity index (χ0n) is 14.6. The number of hydrogen-bond donors (Lipinski definition) is 1. The monoisotopic (exact) mass is 353 g/mol. The molecule has 2 aromatic carbocycles. The number of benzene rings is 2. The van der Waals surface area contributed by atoms with E-state index in [2.05, 4.69) is 5.32 Å². The van der Waals surface area contributed by atoms with Crippen molar-refractivity contribution in [3.8, 4) is 0 Å². The van der Waals surface area contributed by atoms with Gasteiger partial charge >= 0.3 is 0 Å². The summed E-state index contributed by atoms with van der Waals surface area (Å²) in [5.74, 6) is -0.822. The quantitative estimate of drug-likeness (QED) is 0.675. The van der Waals surface area contributed by atoms with Crippen LogP contribution in [0.3, 0.4) is 0 Å². The minimum absolute atomic E-state index is 0.0373. The van der Waals surface area contributed by atoms with Gasteiger partial charge in [-0.3, -0.25) is 19.7 Å². The number of carbonyl (C=O) groups is 2. The van der Waals surface area contributed by atoms with E-state index in [1.165, 1.54) is 29.2 Å². The highest BCUT2D eigenvalue weighted by Gasteiger charge is 2.35. The van der Waals surface area contributed by atoms with Crippen LogP contribution in [0.5, 0.6) is 0 Å². The summed E-state index contributed by atoms with van der Waals surface area (Å²) < 4.78 is 0. The minimum Gasteiger partial charge on any atom is -0.325 e. The van der Waals surface area contributed by atoms with Crippen molar-refractivity contribution in [2.24, 2.45) is 5.92 Å². The number of aryl methyl sites for hydroxylation is 2. The Morgan fingerprint density at radius 3 is 2.35 bits per heavy atom. The topological polar surface area (TPSA) is 92.6 Å². The van der Waals surface area contributed by atoms with Crippen molar-refractivity contribution in [2.75, 3.05) is 16.8 Å². The molecule has 3 rings (SSSR count). The summed E-state index contributed by atoms with van der Waals surface area (Å²) >= 11 is 0. The number of nitrogens with one attached hydrogen (secondary N) is 1. The Morgan fingerprint density at radius 1 is 1.15 bits per heavy atom. The molecule has 0 spiro atoms. The van der Waals surface area contributed by atoms with Crippen LogP contribution in [-0.4, -0.2) is 23.3 Å². The number of anilines is 2. The van der Waals surface area contributed by atoms with E-state index < -0.39 is 10.8 Å². The molecule has 2 amide bonds. The van der Waals surface area contributed by atoms with E-state index in [0.29, 0.717) is 5.69 Å². The van der Waals surface area contributed by atoms with Crippen molar-refractivity contribution in [2.45, 2.75) is 20.3 Å². The largest absolute Gasteiger partial charge is 0.325 e. The molecule has 0 aliphatic carbocycles. The van der Waals surface area contributed by atoms with Crippen LogP contribution >= 0.6 is 0 Å². The van der Waals surface area contributed by atoms with Gasteiger partial charge in [0.25, 0.3) is 5.69 Å². The number of carbonyl (C=O) groups excluding carboxylic acids is 2. The van der Waals surface area contributed by atoms with Crippen molar-refractivity contribution in [3.05, 3.63) is 63.7 Å². The van der Waals surface area contributed by atoms with E-state index in [1.54, 1.807) is 0 Å². The zero-order valence-corrected chi connectivity index (χ0v) is 14.6. The van der Waals surface area contributed by atoms with E-state index >= 15 is 0 Å². The Bertz CT molecular complexity index is 857. The van der Waals surface area contributed by atoms with Gasteiger partial charge in [0.2, 0.25) is 11.8 Å². The maximum Gasteiger partial charge on any atom is 0.269 e. The van der Waals surface area contributed by atoms with E-state index in [0.717, 1.165) is 16.8 Å². The van der Waals surface area contributed by atoms with E-state index in [4.69, 9.17) is 0 Å². The first-order valence-corrected chi connectivity index (χ1v) is 8.28. The molecule has 26 heavy (non-hydrogen) atoms. The molecule has 0 unspecified atom stereocenters. The first kappa shape index (κ1) is 17.6. The molecule has 1 N–H and O–H groups in total. The number of para-hydroxylation sites is 1. The lowest BCUT2D eigenvalue weighted by Gasteiger charge is -2.17. The number of hydrogen-bond acceptors (Lipinski definition) is 4. The Labute approximate surface area is 150 Å². The highest BCUT2D eigenvalue weighted by molar-refractivity contribution is 6.04. The summed E-state index contributed by atoms with van der Waals surface area (Å²) in [5, 5.41) is 13.7. The number of amides is 2. The fourth-order valence-corrected chi connectivity index (χ4v) is 3.12. The molecule has 0 saturated carbocycles. The average Bonchev–Trinajstić information content (AvgIpc) is 3.00. The van der Waals surface area contributed by atoms with E-state index in [-0.39, 0.29) is 30.5 Å². The van der Waals surface area contributed by atoms with Crippen molar-refractivity contribution in [3.63, 3.8) is 0 Å². The van der Waals surface area contributed by atoms with Crippen LogP contribution < -0.4 is 10.2 Å². The molecule has 7 nitrogen and oxygen atoms in total. The van der Waals surface area contributed by atoms with Crippen LogP contribution in [0.15, 0.2) is 42.5 Å². The lowest BCUT2D eigenvalue weighted by Crippen LogP contribution is -2.28. The lowest BCUT2D eigenvalue weighted by atomic mass is 10.1. The van der Waals surface area contributed by atoms with Gasteiger partial charge in [0, 0.05) is 36.5 Å². The van der Waals surface area contributed by atoms with Gasteiger partial charge < -0.3 is 10.2 Å². The van der Waals surface area contributed by atoms with Crippen molar-refractivity contribution in [1.82, 2.24) is 0 Å². The Morgan fingerprint density at radius 2 is 1.77 bits per heavy atom. The normalized spacial score (nSPS) is 16.6. The van der Waals surface area contributed by atoms with Gasteiger partial charge in [-0.25, -0.2) is 0 Å². The van der Waals surface area contributed by atoms with Crippen molar-refractivity contribution < 1.29 is 14.5 Å². The molecule has 1 atom stereocenters. The first-order valence-electron chi connectivity index (χ1n) is 8.28. The second kappa shape index (κ2) is 6.95. The predicted octanol–water partition coefficient (Wildman–Crippen LogP) is 3.20. The molecule has 0 aromatic heterocycles. The number of rotatable bonds is 4. The van der Waals surface area contributed by atoms with E-state index in [1.807, 2.05) is 32.0 Å². The van der Waals surface area contributed by atoms with Crippen LogP contribution in [-0.2, 0) is 9.59 Å². The highest BCUT2D eigenvalue weighted by Crippen LogP contribution is 2.28. The standard InChI is InChI=1S/C19H19N3O4/c1-12-4-3-5-13(2)18(12)20-19(24)14-10-17(23)21(11-14)15-6-8-16(9-7-15)22(25)26/h3-9,14H,10-11H2,1-2H3,(H,20,24)/t14-/m1/s1. The third-order valence-electron chi connectivity index (χ3n) is 4.60. The lowest BCUT2D eigenvalue weighted by molar-refractivity contribution is -0.384. The van der Waals surface area contributed by atoms with Crippen molar-refractivity contribution in [1.29, 1.82) is 0 Å². The van der Waals surface area contributed by atoms with E-state index in [9.17, 15) is 19.7 Å². The summed E-state index contributed by atoms with van der Waals surface area (Å²) in [6.07, 6.45) is 0.119. The number of nitro groups is 1. The van der Waals surface area contributed by atoms with Gasteiger partial charge in [-0.05, 0) is 37.1 Å². The summed E-state index contributed by atoms with van der Waals surface area (Å²) in [4.78, 5) is 36.7. The molecule has 1 aliphatic rings. The molecule has 1 fully saturated rings. The number of non-ortho nitro benzene ring substituents is 1. The number of nitro benzene ring substituents is 1. The molecular weight excluding hydrogens is 334 g/mol. The molecule has 1 heterocycles. The molecule has 1 saturated heterocycles. The molecule has 2 aromatic rings. The summed E-state index contributed by atoms with van der Waals surface area (Å²) in [5.41, 5.74) is 3.23. The maximum atomic E-state index is 12.6. The Hall–Kier alpha value is -3.22. The maximum absolute atomic E-state index is 12.6. The van der Waals surface area contributed by atoms with Crippen LogP contribution in [0.2, 0.25) is 0 Å². The fraction of sp³-hybridized carbons (Fsp3) is 0.263. The molecule has 134 valence electrons. The molecule has 0 radical (unpaired) electrons. The molecule has 1 aliphatic heterocycles. The van der Waals surface area contributed by atoms with Crippen molar-refractivity contribution >= 4 is 28.9 Å². The third kappa shape index (κ3) is 3.42. The van der Waals surface area contributed by atoms with Gasteiger partial charge in [-0.2, -0.15) is 0 Å². The van der Waals surface area contributed by atoms with Gasteiger partial charge in [0.05, 0.1) is 10.8 Å². The van der Waals surface area contributed by atoms with Gasteiger partial charge in [0.15, 0.2) is 0 Å². The van der Waals surface area contributed by atoms with Gasteiger partial charge in [0.1, 0.15) is 0 Å². The average molecular weight is 353 g/mol. The molecule has 0 bridgehead atoms. The van der Waals surface area contributed by atoms with Crippen LogP contribution in [0.4, 0.5) is 17.1 Å². The second-order valence-electron chi connectivity index (χ2n) is 6.43. The van der Waals surface area contributed by atoms with Gasteiger partial charge in [-0.1, -0.05) is 18.2 Å². The highest BCUT2D eigenvalue weighted by atomic mass is 16.6. The van der Waals surface area contributed by atoms with Crippen LogP contribution in [0.1, 0.15) is 17.5 Å². The summed E-state index contributed by atoms with van der Waals surface area (Å²) in [6, 6.07) is 11.5. The summed E-state index contributed by atoms with van der Waals surface area (Å²) in [7, 11) is 0. The zero-order chi connectivity index (χ0) is 18.8. The third-order valence-corrected chi connectivity index (χ3v) is 4.60. The first-order chi connectivity index (χ1) is 12.4. The SMILES string of the molecule is Cc1cccc(C)c1NC(=O)[C@@H]1CC(=O)N(c2ccc([N+](=O)[O-])cc2)C1. The fourth-order valence-electron chi connectivity index (χ4n) is 3.12. The smallest absolute Gasteiger partial charge is 0.269 e. The molecular formula is C19H19N3O4. The Kier molecular flexibility index (Phi) is 4.71. The predicted molar refractivity (Wildman–Crippen MR) is 98.1 cm³/mol. The van der Waals surface area contributed by atoms with Crippen LogP contribution in [0, 0.1) is 29.9 Å². The minimum atomic E-state index is -0.490. The second-order valence-corrected chi connectivity index (χ2v) is 6.43. The van der Waals surface area contributed by atoms with Crippen LogP contribution in [0.25, 0.3) is 0 Å². The number of nitrogens with zero attached hydrogens (tertiary/aromatic N) is 2.